The van der Waals surface area contributed by atoms with Crippen LogP contribution in [0.5, 0.6) is 0 Å². The molecule has 0 spiro atoms. The van der Waals surface area contributed by atoms with Gasteiger partial charge in [0.2, 0.25) is 11.8 Å². The first-order chi connectivity index (χ1) is 13.8. The standard InChI is InChI=1S/C23H29FN2O2S/c1-16(2)26(23(28)19-5-4-6-19)15-22(27)25(14-21-12-7-17(3)29-21)13-18-8-10-20(24)11-9-18/h7-12,16,19H,4-6,13-15H2,1-3H3. The topological polar surface area (TPSA) is 40.6 Å². The van der Waals surface area contributed by atoms with Gasteiger partial charge in [-0.15, -0.1) is 11.3 Å². The number of hydrogen-bond acceptors (Lipinski definition) is 3. The summed E-state index contributed by atoms with van der Waals surface area (Å²) in [4.78, 5) is 31.8. The molecule has 0 bridgehead atoms. The van der Waals surface area contributed by atoms with Gasteiger partial charge in [-0.25, -0.2) is 4.39 Å². The molecule has 1 heterocycles. The van der Waals surface area contributed by atoms with Crippen LogP contribution >= 0.6 is 11.3 Å². The van der Waals surface area contributed by atoms with Crippen LogP contribution in [0.1, 0.15) is 48.4 Å². The van der Waals surface area contributed by atoms with Crippen LogP contribution in [0.4, 0.5) is 4.39 Å². The number of thiophene rings is 1. The highest BCUT2D eigenvalue weighted by Gasteiger charge is 2.32. The van der Waals surface area contributed by atoms with Crippen molar-refractivity contribution in [2.75, 3.05) is 6.54 Å². The molecule has 0 N–H and O–H groups in total. The molecule has 0 aliphatic heterocycles. The molecule has 0 unspecified atom stereocenters. The first-order valence-corrected chi connectivity index (χ1v) is 11.0. The van der Waals surface area contributed by atoms with Gasteiger partial charge < -0.3 is 9.80 Å². The van der Waals surface area contributed by atoms with Crippen LogP contribution in [-0.2, 0) is 22.7 Å². The molecule has 1 saturated carbocycles. The van der Waals surface area contributed by atoms with Crippen LogP contribution < -0.4 is 0 Å². The van der Waals surface area contributed by atoms with Gasteiger partial charge in [-0.3, -0.25) is 9.59 Å². The molecule has 2 amide bonds. The molecule has 1 aliphatic carbocycles. The van der Waals surface area contributed by atoms with E-state index >= 15 is 0 Å². The average molecular weight is 417 g/mol. The number of carbonyl (C=O) groups excluding carboxylic acids is 2. The smallest absolute Gasteiger partial charge is 0.242 e. The van der Waals surface area contributed by atoms with Gasteiger partial charge in [0.1, 0.15) is 12.4 Å². The Morgan fingerprint density at radius 2 is 1.79 bits per heavy atom. The lowest BCUT2D eigenvalue weighted by atomic mass is 9.84. The lowest BCUT2D eigenvalue weighted by Gasteiger charge is -2.35. The van der Waals surface area contributed by atoms with Crippen LogP contribution in [-0.4, -0.2) is 34.2 Å². The Balaban J connectivity index is 1.76. The molecule has 1 aliphatic rings. The van der Waals surface area contributed by atoms with Crippen LogP contribution in [0, 0.1) is 18.7 Å². The number of rotatable bonds is 8. The van der Waals surface area contributed by atoms with E-state index < -0.39 is 0 Å². The van der Waals surface area contributed by atoms with E-state index in [9.17, 15) is 14.0 Å². The van der Waals surface area contributed by atoms with Crippen LogP contribution in [0.15, 0.2) is 36.4 Å². The maximum Gasteiger partial charge on any atom is 0.242 e. The predicted molar refractivity (Wildman–Crippen MR) is 114 cm³/mol. The van der Waals surface area contributed by atoms with E-state index in [0.717, 1.165) is 29.7 Å². The van der Waals surface area contributed by atoms with Gasteiger partial charge in [0.25, 0.3) is 0 Å². The van der Waals surface area contributed by atoms with Crippen molar-refractivity contribution in [3.05, 3.63) is 57.5 Å². The van der Waals surface area contributed by atoms with Gasteiger partial charge in [-0.05, 0) is 63.4 Å². The Morgan fingerprint density at radius 3 is 2.31 bits per heavy atom. The van der Waals surface area contributed by atoms with Crippen molar-refractivity contribution in [1.29, 1.82) is 0 Å². The lowest BCUT2D eigenvalue weighted by Crippen LogP contribution is -2.48. The molecule has 0 radical (unpaired) electrons. The van der Waals surface area contributed by atoms with E-state index in [1.54, 1.807) is 33.3 Å². The zero-order valence-electron chi connectivity index (χ0n) is 17.4. The molecule has 0 atom stereocenters. The maximum absolute atomic E-state index is 13.3. The molecular formula is C23H29FN2O2S. The predicted octanol–water partition coefficient (Wildman–Crippen LogP) is 4.76. The molecule has 156 valence electrons. The van der Waals surface area contributed by atoms with Crippen LogP contribution in [0.3, 0.4) is 0 Å². The summed E-state index contributed by atoms with van der Waals surface area (Å²) in [5.74, 6) is -0.219. The molecule has 29 heavy (non-hydrogen) atoms. The third-order valence-electron chi connectivity index (χ3n) is 5.45. The van der Waals surface area contributed by atoms with Crippen molar-refractivity contribution in [2.24, 2.45) is 5.92 Å². The molecule has 1 aromatic carbocycles. The Morgan fingerprint density at radius 1 is 1.10 bits per heavy atom. The van der Waals surface area contributed by atoms with Crippen molar-refractivity contribution in [3.63, 3.8) is 0 Å². The van der Waals surface area contributed by atoms with Crippen LogP contribution in [0.2, 0.25) is 0 Å². The fourth-order valence-corrected chi connectivity index (χ4v) is 4.36. The lowest BCUT2D eigenvalue weighted by molar-refractivity contribution is -0.146. The van der Waals surface area contributed by atoms with Crippen molar-refractivity contribution < 1.29 is 14.0 Å². The van der Waals surface area contributed by atoms with Crippen molar-refractivity contribution >= 4 is 23.2 Å². The van der Waals surface area contributed by atoms with Gasteiger partial charge in [-0.1, -0.05) is 18.6 Å². The minimum atomic E-state index is -0.294. The Kier molecular flexibility index (Phi) is 7.06. The fraction of sp³-hybridized carbons (Fsp3) is 0.478. The molecule has 4 nitrogen and oxygen atoms in total. The van der Waals surface area contributed by atoms with E-state index in [-0.39, 0.29) is 36.1 Å². The van der Waals surface area contributed by atoms with Crippen molar-refractivity contribution in [1.82, 2.24) is 9.80 Å². The number of carbonyl (C=O) groups is 2. The zero-order chi connectivity index (χ0) is 21.0. The molecule has 3 rings (SSSR count). The second-order valence-corrected chi connectivity index (χ2v) is 9.45. The second-order valence-electron chi connectivity index (χ2n) is 8.08. The number of benzene rings is 1. The number of aryl methyl sites for hydroxylation is 1. The summed E-state index contributed by atoms with van der Waals surface area (Å²) in [7, 11) is 0. The normalized spacial score (nSPS) is 14.0. The summed E-state index contributed by atoms with van der Waals surface area (Å²) < 4.78 is 13.3. The third-order valence-corrected chi connectivity index (χ3v) is 6.43. The molecule has 0 saturated heterocycles. The maximum atomic E-state index is 13.3. The van der Waals surface area contributed by atoms with Crippen molar-refractivity contribution in [3.8, 4) is 0 Å². The summed E-state index contributed by atoms with van der Waals surface area (Å²) >= 11 is 1.66. The van der Waals surface area contributed by atoms with Gasteiger partial charge in [0.15, 0.2) is 0 Å². The summed E-state index contributed by atoms with van der Waals surface area (Å²) in [6.45, 7) is 6.90. The molecule has 6 heteroatoms. The minimum absolute atomic E-state index is 0.0243. The molecule has 1 fully saturated rings. The van der Waals surface area contributed by atoms with Gasteiger partial charge in [0, 0.05) is 28.3 Å². The van der Waals surface area contributed by atoms with Gasteiger partial charge in [0.05, 0.1) is 6.54 Å². The van der Waals surface area contributed by atoms with E-state index in [1.807, 2.05) is 32.9 Å². The monoisotopic (exact) mass is 416 g/mol. The van der Waals surface area contributed by atoms with Crippen molar-refractivity contribution in [2.45, 2.75) is 59.2 Å². The Bertz CT molecular complexity index is 843. The zero-order valence-corrected chi connectivity index (χ0v) is 18.2. The number of amides is 2. The Hall–Kier alpha value is -2.21. The quantitative estimate of drug-likeness (QED) is 0.622. The van der Waals surface area contributed by atoms with E-state index in [1.165, 1.54) is 17.0 Å². The first-order valence-electron chi connectivity index (χ1n) is 10.2. The fourth-order valence-electron chi connectivity index (χ4n) is 3.45. The van der Waals surface area contributed by atoms with E-state index in [4.69, 9.17) is 0 Å². The largest absolute Gasteiger partial charge is 0.332 e. The molecule has 1 aromatic heterocycles. The summed E-state index contributed by atoms with van der Waals surface area (Å²) in [5.41, 5.74) is 0.870. The highest BCUT2D eigenvalue weighted by molar-refractivity contribution is 7.11. The minimum Gasteiger partial charge on any atom is -0.332 e. The first kappa shape index (κ1) is 21.5. The summed E-state index contributed by atoms with van der Waals surface area (Å²) in [6, 6.07) is 10.3. The highest BCUT2D eigenvalue weighted by Crippen LogP contribution is 2.29. The average Bonchev–Trinajstić information content (AvgIpc) is 3.03. The van der Waals surface area contributed by atoms with Gasteiger partial charge >= 0.3 is 0 Å². The van der Waals surface area contributed by atoms with Gasteiger partial charge in [-0.2, -0.15) is 0 Å². The third kappa shape index (κ3) is 5.66. The summed E-state index contributed by atoms with van der Waals surface area (Å²) in [6.07, 6.45) is 2.93. The molecule has 2 aromatic rings. The number of halogens is 1. The van der Waals surface area contributed by atoms with Crippen LogP contribution in [0.25, 0.3) is 0 Å². The number of hydrogen-bond donors (Lipinski definition) is 0. The van der Waals surface area contributed by atoms with E-state index in [0.29, 0.717) is 13.1 Å². The SMILES string of the molecule is Cc1ccc(CN(Cc2ccc(F)cc2)C(=O)CN(C(=O)C2CCC2)C(C)C)s1. The second kappa shape index (κ2) is 9.53. The number of nitrogens with zero attached hydrogens (tertiary/aromatic N) is 2. The Labute approximate surface area is 176 Å². The highest BCUT2D eigenvalue weighted by atomic mass is 32.1. The summed E-state index contributed by atoms with van der Waals surface area (Å²) in [5, 5.41) is 0. The molecular weight excluding hydrogens is 387 g/mol. The van der Waals surface area contributed by atoms with E-state index in [2.05, 4.69) is 0 Å².